The zero-order valence-electron chi connectivity index (χ0n) is 9.03. The molecule has 1 fully saturated rings. The summed E-state index contributed by atoms with van der Waals surface area (Å²) in [6.07, 6.45) is 7.61. The number of rotatable bonds is 3. The molecule has 0 amide bonds. The zero-order chi connectivity index (χ0) is 10.2. The molecule has 14 heavy (non-hydrogen) atoms. The number of nitrogens with zero attached hydrogens (tertiary/aromatic N) is 2. The third-order valence-corrected chi connectivity index (χ3v) is 3.42. The van der Waals surface area contributed by atoms with Crippen molar-refractivity contribution in [2.75, 3.05) is 0 Å². The van der Waals surface area contributed by atoms with E-state index in [4.69, 9.17) is 0 Å². The van der Waals surface area contributed by atoms with Crippen molar-refractivity contribution in [3.05, 3.63) is 30.6 Å². The van der Waals surface area contributed by atoms with Gasteiger partial charge in [-0.3, -0.25) is 4.68 Å². The molecule has 2 rings (SSSR count). The van der Waals surface area contributed by atoms with Gasteiger partial charge in [-0.05, 0) is 36.8 Å². The van der Waals surface area contributed by atoms with Gasteiger partial charge in [-0.1, -0.05) is 20.4 Å². The van der Waals surface area contributed by atoms with Gasteiger partial charge in [-0.2, -0.15) is 5.10 Å². The molecule has 0 bridgehead atoms. The third kappa shape index (κ3) is 1.21. The van der Waals surface area contributed by atoms with Gasteiger partial charge in [0.05, 0.1) is 5.54 Å². The monoisotopic (exact) mass is 190 g/mol. The molecule has 1 saturated carbocycles. The first-order valence-electron chi connectivity index (χ1n) is 5.36. The van der Waals surface area contributed by atoms with Crippen molar-refractivity contribution in [1.82, 2.24) is 9.78 Å². The van der Waals surface area contributed by atoms with E-state index in [1.54, 1.807) is 0 Å². The Hall–Kier alpha value is -1.05. The van der Waals surface area contributed by atoms with Crippen molar-refractivity contribution < 1.29 is 0 Å². The highest BCUT2D eigenvalue weighted by Gasteiger charge is 2.42. The van der Waals surface area contributed by atoms with Crippen molar-refractivity contribution in [3.63, 3.8) is 0 Å². The Labute approximate surface area is 85.6 Å². The molecule has 0 atom stereocenters. The lowest BCUT2D eigenvalue weighted by Gasteiger charge is -2.45. The molecule has 1 aliphatic carbocycles. The minimum Gasteiger partial charge on any atom is -0.263 e. The van der Waals surface area contributed by atoms with E-state index in [2.05, 4.69) is 36.4 Å². The Morgan fingerprint density at radius 3 is 2.57 bits per heavy atom. The summed E-state index contributed by atoms with van der Waals surface area (Å²) < 4.78 is 2.10. The van der Waals surface area contributed by atoms with Gasteiger partial charge >= 0.3 is 0 Å². The molecule has 1 aromatic rings. The van der Waals surface area contributed by atoms with Crippen LogP contribution in [0.1, 0.15) is 33.1 Å². The summed E-state index contributed by atoms with van der Waals surface area (Å²) in [7, 11) is 0. The molecule has 1 aromatic heterocycles. The standard InChI is InChI=1S/C12H18N2/c1-10(2)11(3)12(6-4-7-12)14-9-5-8-13-14/h5,8-10H,3-4,6-7H2,1-2H3. The van der Waals surface area contributed by atoms with Gasteiger partial charge in [0.2, 0.25) is 0 Å². The molecule has 0 unspecified atom stereocenters. The maximum atomic E-state index is 4.37. The van der Waals surface area contributed by atoms with E-state index < -0.39 is 0 Å². The smallest absolute Gasteiger partial charge is 0.0835 e. The van der Waals surface area contributed by atoms with E-state index in [0.29, 0.717) is 5.92 Å². The van der Waals surface area contributed by atoms with Gasteiger partial charge in [-0.25, -0.2) is 0 Å². The van der Waals surface area contributed by atoms with Crippen LogP contribution in [0.5, 0.6) is 0 Å². The highest BCUT2D eigenvalue weighted by atomic mass is 15.3. The van der Waals surface area contributed by atoms with Gasteiger partial charge < -0.3 is 0 Å². The molecule has 1 heterocycles. The summed E-state index contributed by atoms with van der Waals surface area (Å²) >= 11 is 0. The first kappa shape index (κ1) is 9.50. The lowest BCUT2D eigenvalue weighted by molar-refractivity contribution is 0.158. The molecule has 76 valence electrons. The van der Waals surface area contributed by atoms with Crippen molar-refractivity contribution in [3.8, 4) is 0 Å². The quantitative estimate of drug-likeness (QED) is 0.670. The lowest BCUT2D eigenvalue weighted by atomic mass is 9.69. The highest BCUT2D eigenvalue weighted by molar-refractivity contribution is 5.20. The van der Waals surface area contributed by atoms with Crippen LogP contribution < -0.4 is 0 Å². The van der Waals surface area contributed by atoms with Crippen LogP contribution >= 0.6 is 0 Å². The Bertz CT molecular complexity index is 318. The van der Waals surface area contributed by atoms with E-state index in [0.717, 1.165) is 0 Å². The molecule has 0 spiro atoms. The minimum atomic E-state index is 0.137. The fourth-order valence-electron chi connectivity index (χ4n) is 2.27. The van der Waals surface area contributed by atoms with Crippen LogP contribution in [-0.2, 0) is 5.54 Å². The maximum Gasteiger partial charge on any atom is 0.0835 e. The summed E-state index contributed by atoms with van der Waals surface area (Å²) in [6.45, 7) is 8.67. The van der Waals surface area contributed by atoms with Crippen molar-refractivity contribution in [2.24, 2.45) is 5.92 Å². The molecular formula is C12H18N2. The maximum absolute atomic E-state index is 4.37. The van der Waals surface area contributed by atoms with Crippen LogP contribution in [0.2, 0.25) is 0 Å². The van der Waals surface area contributed by atoms with Crippen molar-refractivity contribution in [2.45, 2.75) is 38.6 Å². The Balaban J connectivity index is 2.31. The van der Waals surface area contributed by atoms with Crippen LogP contribution in [0.15, 0.2) is 30.6 Å². The van der Waals surface area contributed by atoms with Gasteiger partial charge in [0.1, 0.15) is 0 Å². The van der Waals surface area contributed by atoms with Gasteiger partial charge in [0.15, 0.2) is 0 Å². The zero-order valence-corrected chi connectivity index (χ0v) is 9.03. The van der Waals surface area contributed by atoms with E-state index in [1.807, 2.05) is 12.3 Å². The van der Waals surface area contributed by atoms with E-state index >= 15 is 0 Å². The second kappa shape index (κ2) is 3.26. The average Bonchev–Trinajstić information content (AvgIpc) is 2.55. The number of allylic oxidation sites excluding steroid dienone is 1. The molecule has 2 heteroatoms. The summed E-state index contributed by atoms with van der Waals surface area (Å²) in [5.41, 5.74) is 1.46. The topological polar surface area (TPSA) is 17.8 Å². The van der Waals surface area contributed by atoms with E-state index in [-0.39, 0.29) is 5.54 Å². The molecule has 0 aromatic carbocycles. The van der Waals surface area contributed by atoms with Crippen LogP contribution in [0.25, 0.3) is 0 Å². The summed E-state index contributed by atoms with van der Waals surface area (Å²) in [6, 6.07) is 1.99. The van der Waals surface area contributed by atoms with Crippen molar-refractivity contribution in [1.29, 1.82) is 0 Å². The Morgan fingerprint density at radius 2 is 2.21 bits per heavy atom. The van der Waals surface area contributed by atoms with Crippen LogP contribution in [0.4, 0.5) is 0 Å². The molecule has 0 saturated heterocycles. The molecule has 0 aliphatic heterocycles. The molecule has 1 aliphatic rings. The number of hydrogen-bond donors (Lipinski definition) is 0. The predicted molar refractivity (Wildman–Crippen MR) is 58.0 cm³/mol. The predicted octanol–water partition coefficient (Wildman–Crippen LogP) is 2.97. The van der Waals surface area contributed by atoms with Gasteiger partial charge in [-0.15, -0.1) is 0 Å². The average molecular weight is 190 g/mol. The molecule has 0 N–H and O–H groups in total. The molecule has 2 nitrogen and oxygen atoms in total. The first-order valence-corrected chi connectivity index (χ1v) is 5.36. The summed E-state index contributed by atoms with van der Waals surface area (Å²) in [5.74, 6) is 0.541. The summed E-state index contributed by atoms with van der Waals surface area (Å²) in [4.78, 5) is 0. The minimum absolute atomic E-state index is 0.137. The summed E-state index contributed by atoms with van der Waals surface area (Å²) in [5, 5.41) is 4.37. The fraction of sp³-hybridized carbons (Fsp3) is 0.583. The number of aromatic nitrogens is 2. The Morgan fingerprint density at radius 1 is 1.50 bits per heavy atom. The van der Waals surface area contributed by atoms with Crippen LogP contribution in [0.3, 0.4) is 0 Å². The first-order chi connectivity index (χ1) is 6.67. The second-order valence-corrected chi connectivity index (χ2v) is 4.52. The fourth-order valence-corrected chi connectivity index (χ4v) is 2.27. The normalized spacial score (nSPS) is 19.4. The van der Waals surface area contributed by atoms with Gasteiger partial charge in [0, 0.05) is 12.4 Å². The second-order valence-electron chi connectivity index (χ2n) is 4.52. The molecular weight excluding hydrogens is 172 g/mol. The van der Waals surface area contributed by atoms with Crippen LogP contribution in [-0.4, -0.2) is 9.78 Å². The Kier molecular flexibility index (Phi) is 2.22. The SMILES string of the molecule is C=C(C(C)C)C1(n2cccn2)CCC1. The van der Waals surface area contributed by atoms with Gasteiger partial charge in [0.25, 0.3) is 0 Å². The van der Waals surface area contributed by atoms with Crippen molar-refractivity contribution >= 4 is 0 Å². The number of hydrogen-bond acceptors (Lipinski definition) is 1. The largest absolute Gasteiger partial charge is 0.263 e. The third-order valence-electron chi connectivity index (χ3n) is 3.42. The van der Waals surface area contributed by atoms with E-state index in [1.165, 1.54) is 24.8 Å². The van der Waals surface area contributed by atoms with Crippen LogP contribution in [0, 0.1) is 5.92 Å². The molecule has 0 radical (unpaired) electrons. The van der Waals surface area contributed by atoms with E-state index in [9.17, 15) is 0 Å². The highest BCUT2D eigenvalue weighted by Crippen LogP contribution is 2.46. The lowest BCUT2D eigenvalue weighted by Crippen LogP contribution is -2.43.